The molecule has 29 heavy (non-hydrogen) atoms. The SMILES string of the molecule is COCc1nnc(N2CC(C)(Oc3cccc(F)c3)C2)n1-c1ccc(OC)nc1. The number of benzene rings is 1. The molecule has 0 unspecified atom stereocenters. The number of rotatable bonds is 7. The first-order valence-corrected chi connectivity index (χ1v) is 9.14. The van der Waals surface area contributed by atoms with Gasteiger partial charge in [0.2, 0.25) is 11.8 Å². The van der Waals surface area contributed by atoms with Gasteiger partial charge < -0.3 is 19.1 Å². The number of nitrogens with zero attached hydrogens (tertiary/aromatic N) is 5. The highest BCUT2D eigenvalue weighted by Crippen LogP contribution is 2.32. The van der Waals surface area contributed by atoms with Crippen molar-refractivity contribution in [2.24, 2.45) is 0 Å². The van der Waals surface area contributed by atoms with Crippen LogP contribution in [0.25, 0.3) is 5.69 Å². The number of aromatic nitrogens is 4. The summed E-state index contributed by atoms with van der Waals surface area (Å²) in [6, 6.07) is 9.83. The molecule has 1 aliphatic rings. The summed E-state index contributed by atoms with van der Waals surface area (Å²) in [5, 5.41) is 8.61. The Kier molecular flexibility index (Phi) is 5.06. The topological polar surface area (TPSA) is 74.5 Å². The van der Waals surface area contributed by atoms with Crippen molar-refractivity contribution in [3.63, 3.8) is 0 Å². The molecule has 1 fully saturated rings. The van der Waals surface area contributed by atoms with Crippen LogP contribution in [0.5, 0.6) is 11.6 Å². The molecule has 1 saturated heterocycles. The van der Waals surface area contributed by atoms with Gasteiger partial charge in [0, 0.05) is 19.2 Å². The quantitative estimate of drug-likeness (QED) is 0.605. The van der Waals surface area contributed by atoms with E-state index in [1.807, 2.05) is 17.6 Å². The molecule has 9 heteroatoms. The number of ether oxygens (including phenoxy) is 3. The Morgan fingerprint density at radius 2 is 1.97 bits per heavy atom. The highest BCUT2D eigenvalue weighted by molar-refractivity contribution is 5.47. The van der Waals surface area contributed by atoms with Crippen molar-refractivity contribution < 1.29 is 18.6 Å². The first-order valence-electron chi connectivity index (χ1n) is 9.14. The van der Waals surface area contributed by atoms with Crippen molar-refractivity contribution in [2.75, 3.05) is 32.2 Å². The molecule has 1 aliphatic heterocycles. The molecule has 0 saturated carbocycles. The minimum atomic E-state index is -0.454. The Bertz CT molecular complexity index is 986. The smallest absolute Gasteiger partial charge is 0.232 e. The van der Waals surface area contributed by atoms with E-state index in [2.05, 4.69) is 20.1 Å². The van der Waals surface area contributed by atoms with Crippen molar-refractivity contribution in [2.45, 2.75) is 19.1 Å². The fourth-order valence-corrected chi connectivity index (χ4v) is 3.41. The van der Waals surface area contributed by atoms with E-state index in [1.54, 1.807) is 38.6 Å². The van der Waals surface area contributed by atoms with Gasteiger partial charge in [-0.1, -0.05) is 6.07 Å². The second kappa shape index (κ2) is 7.67. The molecule has 0 radical (unpaired) electrons. The van der Waals surface area contributed by atoms with Gasteiger partial charge in [0.25, 0.3) is 0 Å². The number of hydrogen-bond acceptors (Lipinski definition) is 7. The standard InChI is InChI=1S/C20H22FN5O3/c1-20(29-16-6-4-5-14(21)9-16)12-25(13-20)19-24-23-17(11-27-2)26(19)15-7-8-18(28-3)22-10-15/h4-10H,11-13H2,1-3H3. The highest BCUT2D eigenvalue weighted by Gasteiger charge is 2.43. The Morgan fingerprint density at radius 3 is 2.62 bits per heavy atom. The van der Waals surface area contributed by atoms with Gasteiger partial charge in [0.05, 0.1) is 32.1 Å². The van der Waals surface area contributed by atoms with E-state index in [0.29, 0.717) is 43.1 Å². The molecule has 0 bridgehead atoms. The van der Waals surface area contributed by atoms with Crippen LogP contribution in [0, 0.1) is 5.82 Å². The Labute approximate surface area is 167 Å². The van der Waals surface area contributed by atoms with Crippen LogP contribution in [0.4, 0.5) is 10.3 Å². The molecule has 3 aromatic rings. The van der Waals surface area contributed by atoms with E-state index >= 15 is 0 Å². The average Bonchev–Trinajstić information content (AvgIpc) is 3.09. The molecule has 0 aliphatic carbocycles. The summed E-state index contributed by atoms with van der Waals surface area (Å²) in [7, 11) is 3.18. The maximum Gasteiger partial charge on any atom is 0.232 e. The Morgan fingerprint density at radius 1 is 1.14 bits per heavy atom. The van der Waals surface area contributed by atoms with E-state index in [-0.39, 0.29) is 5.82 Å². The maximum absolute atomic E-state index is 13.4. The second-order valence-electron chi connectivity index (χ2n) is 7.11. The van der Waals surface area contributed by atoms with Crippen molar-refractivity contribution in [3.05, 3.63) is 54.2 Å². The third-order valence-corrected chi connectivity index (χ3v) is 4.67. The van der Waals surface area contributed by atoms with Gasteiger partial charge in [0.15, 0.2) is 5.82 Å². The molecular formula is C20H22FN5O3. The summed E-state index contributed by atoms with van der Waals surface area (Å²) in [5.41, 5.74) is 0.349. The minimum Gasteiger partial charge on any atom is -0.484 e. The molecule has 0 N–H and O–H groups in total. The number of halogens is 1. The molecular weight excluding hydrogens is 377 g/mol. The summed E-state index contributed by atoms with van der Waals surface area (Å²) in [6.07, 6.45) is 1.70. The summed E-state index contributed by atoms with van der Waals surface area (Å²) in [5.74, 6) is 2.04. The number of hydrogen-bond donors (Lipinski definition) is 0. The first-order chi connectivity index (χ1) is 14.0. The Hall–Kier alpha value is -3.20. The fourth-order valence-electron chi connectivity index (χ4n) is 3.41. The van der Waals surface area contributed by atoms with Gasteiger partial charge in [-0.25, -0.2) is 9.37 Å². The van der Waals surface area contributed by atoms with Crippen molar-refractivity contribution in [1.82, 2.24) is 19.7 Å². The fraction of sp³-hybridized carbons (Fsp3) is 0.350. The number of pyridine rings is 1. The van der Waals surface area contributed by atoms with Gasteiger partial charge in [0.1, 0.15) is 23.8 Å². The lowest BCUT2D eigenvalue weighted by Crippen LogP contribution is -2.64. The van der Waals surface area contributed by atoms with Gasteiger partial charge >= 0.3 is 0 Å². The summed E-state index contributed by atoms with van der Waals surface area (Å²) < 4.78 is 31.7. The summed E-state index contributed by atoms with van der Waals surface area (Å²) in [4.78, 5) is 6.32. The Balaban J connectivity index is 1.56. The van der Waals surface area contributed by atoms with E-state index in [0.717, 1.165) is 5.69 Å². The minimum absolute atomic E-state index is 0.309. The average molecular weight is 399 g/mol. The van der Waals surface area contributed by atoms with E-state index in [9.17, 15) is 4.39 Å². The highest BCUT2D eigenvalue weighted by atomic mass is 19.1. The molecule has 0 atom stereocenters. The number of methoxy groups -OCH3 is 2. The third kappa shape index (κ3) is 3.86. The van der Waals surface area contributed by atoms with E-state index < -0.39 is 5.60 Å². The van der Waals surface area contributed by atoms with E-state index in [1.165, 1.54) is 12.1 Å². The van der Waals surface area contributed by atoms with Crippen LogP contribution < -0.4 is 14.4 Å². The zero-order valence-corrected chi connectivity index (χ0v) is 16.5. The van der Waals surface area contributed by atoms with Crippen molar-refractivity contribution in [1.29, 1.82) is 0 Å². The van der Waals surface area contributed by atoms with E-state index in [4.69, 9.17) is 14.2 Å². The summed E-state index contributed by atoms with van der Waals surface area (Å²) >= 11 is 0. The van der Waals surface area contributed by atoms with Crippen LogP contribution in [-0.2, 0) is 11.3 Å². The monoisotopic (exact) mass is 399 g/mol. The third-order valence-electron chi connectivity index (χ3n) is 4.67. The van der Waals surface area contributed by atoms with Gasteiger partial charge in [-0.2, -0.15) is 0 Å². The molecule has 2 aromatic heterocycles. The molecule has 3 heterocycles. The largest absolute Gasteiger partial charge is 0.484 e. The van der Waals surface area contributed by atoms with Crippen LogP contribution >= 0.6 is 0 Å². The molecule has 0 spiro atoms. The van der Waals surface area contributed by atoms with Crippen LogP contribution in [0.1, 0.15) is 12.7 Å². The molecule has 8 nitrogen and oxygen atoms in total. The maximum atomic E-state index is 13.4. The van der Waals surface area contributed by atoms with Gasteiger partial charge in [-0.15, -0.1) is 10.2 Å². The molecule has 1 aromatic carbocycles. The van der Waals surface area contributed by atoms with Crippen LogP contribution in [0.15, 0.2) is 42.6 Å². The predicted octanol–water partition coefficient (Wildman–Crippen LogP) is 2.61. The zero-order valence-electron chi connectivity index (χ0n) is 16.5. The van der Waals surface area contributed by atoms with Crippen LogP contribution in [0.2, 0.25) is 0 Å². The van der Waals surface area contributed by atoms with Crippen molar-refractivity contribution in [3.8, 4) is 17.3 Å². The lowest BCUT2D eigenvalue weighted by molar-refractivity contribution is 0.0563. The van der Waals surface area contributed by atoms with Gasteiger partial charge in [-0.3, -0.25) is 4.57 Å². The number of anilines is 1. The van der Waals surface area contributed by atoms with Crippen LogP contribution in [0.3, 0.4) is 0 Å². The normalized spacial score (nSPS) is 15.1. The predicted molar refractivity (Wildman–Crippen MR) is 104 cm³/mol. The first kappa shape index (κ1) is 19.1. The second-order valence-corrected chi connectivity index (χ2v) is 7.11. The molecule has 4 rings (SSSR count). The zero-order chi connectivity index (χ0) is 20.4. The van der Waals surface area contributed by atoms with Crippen molar-refractivity contribution >= 4 is 5.95 Å². The van der Waals surface area contributed by atoms with Gasteiger partial charge in [-0.05, 0) is 25.1 Å². The molecule has 0 amide bonds. The summed E-state index contributed by atoms with van der Waals surface area (Å²) in [6.45, 7) is 3.46. The lowest BCUT2D eigenvalue weighted by atomic mass is 9.97. The lowest BCUT2D eigenvalue weighted by Gasteiger charge is -2.47. The molecule has 152 valence electrons. The van der Waals surface area contributed by atoms with Crippen LogP contribution in [-0.4, -0.2) is 52.7 Å².